The van der Waals surface area contributed by atoms with E-state index < -0.39 is 0 Å². The minimum atomic E-state index is 0.596. The van der Waals surface area contributed by atoms with E-state index in [1.54, 1.807) is 0 Å². The van der Waals surface area contributed by atoms with E-state index >= 15 is 0 Å². The zero-order chi connectivity index (χ0) is 9.68. The lowest BCUT2D eigenvalue weighted by Crippen LogP contribution is -2.08. The van der Waals surface area contributed by atoms with Crippen molar-refractivity contribution in [3.8, 4) is 0 Å². The zero-order valence-electron chi connectivity index (χ0n) is 8.12. The van der Waals surface area contributed by atoms with Crippen molar-refractivity contribution in [2.75, 3.05) is 13.2 Å². The Hall–Kier alpha value is -0.610. The first kappa shape index (κ1) is 10.5. The van der Waals surface area contributed by atoms with Crippen molar-refractivity contribution >= 4 is 12.2 Å². The maximum absolute atomic E-state index is 5.44. The summed E-state index contributed by atoms with van der Waals surface area (Å²) in [4.78, 5) is 2.94. The molecule has 0 bridgehead atoms. The normalized spacial score (nSPS) is 11.0. The fourth-order valence-electron chi connectivity index (χ4n) is 1.01. The SMILES string of the molecule is CC(C)COCCn1cc[nH]c1=S. The summed E-state index contributed by atoms with van der Waals surface area (Å²) < 4.78 is 8.17. The molecular formula is C9H16N2OS. The van der Waals surface area contributed by atoms with Crippen molar-refractivity contribution in [3.63, 3.8) is 0 Å². The number of aromatic nitrogens is 2. The number of imidazole rings is 1. The summed E-state index contributed by atoms with van der Waals surface area (Å²) in [5.74, 6) is 0.596. The lowest BCUT2D eigenvalue weighted by molar-refractivity contribution is 0.103. The highest BCUT2D eigenvalue weighted by Crippen LogP contribution is 1.94. The van der Waals surface area contributed by atoms with Gasteiger partial charge in [-0.25, -0.2) is 0 Å². The molecule has 0 atom stereocenters. The fourth-order valence-corrected chi connectivity index (χ4v) is 1.23. The lowest BCUT2D eigenvalue weighted by Gasteiger charge is -2.06. The van der Waals surface area contributed by atoms with Crippen LogP contribution in [0, 0.1) is 10.7 Å². The first-order chi connectivity index (χ1) is 6.20. The zero-order valence-corrected chi connectivity index (χ0v) is 8.93. The number of hydrogen-bond donors (Lipinski definition) is 1. The Morgan fingerprint density at radius 1 is 1.62 bits per heavy atom. The number of nitrogens with zero attached hydrogens (tertiary/aromatic N) is 1. The van der Waals surface area contributed by atoms with Crippen LogP contribution in [0.1, 0.15) is 13.8 Å². The van der Waals surface area contributed by atoms with Gasteiger partial charge in [0.05, 0.1) is 6.61 Å². The molecule has 1 rings (SSSR count). The van der Waals surface area contributed by atoms with Gasteiger partial charge in [-0.05, 0) is 18.1 Å². The highest BCUT2D eigenvalue weighted by atomic mass is 32.1. The van der Waals surface area contributed by atoms with E-state index in [4.69, 9.17) is 17.0 Å². The van der Waals surface area contributed by atoms with Crippen LogP contribution in [-0.2, 0) is 11.3 Å². The summed E-state index contributed by atoms with van der Waals surface area (Å²) >= 11 is 5.04. The van der Waals surface area contributed by atoms with Gasteiger partial charge >= 0.3 is 0 Å². The van der Waals surface area contributed by atoms with E-state index in [-0.39, 0.29) is 0 Å². The van der Waals surface area contributed by atoms with Crippen LogP contribution in [0.5, 0.6) is 0 Å². The molecule has 13 heavy (non-hydrogen) atoms. The summed E-state index contributed by atoms with van der Waals surface area (Å²) in [6.45, 7) is 6.65. The van der Waals surface area contributed by atoms with Gasteiger partial charge < -0.3 is 14.3 Å². The van der Waals surface area contributed by atoms with Crippen LogP contribution in [0.2, 0.25) is 0 Å². The van der Waals surface area contributed by atoms with E-state index in [2.05, 4.69) is 18.8 Å². The van der Waals surface area contributed by atoms with E-state index in [0.717, 1.165) is 24.5 Å². The molecule has 0 aliphatic heterocycles. The molecule has 0 spiro atoms. The number of hydrogen-bond acceptors (Lipinski definition) is 2. The molecule has 0 radical (unpaired) electrons. The molecule has 3 nitrogen and oxygen atoms in total. The Bertz CT molecular complexity index is 290. The van der Waals surface area contributed by atoms with Crippen molar-refractivity contribution in [1.82, 2.24) is 9.55 Å². The average molecular weight is 200 g/mol. The lowest BCUT2D eigenvalue weighted by atomic mass is 10.2. The summed E-state index contributed by atoms with van der Waals surface area (Å²) in [5.41, 5.74) is 0. The van der Waals surface area contributed by atoms with Gasteiger partial charge in [0.25, 0.3) is 0 Å². The largest absolute Gasteiger partial charge is 0.379 e. The van der Waals surface area contributed by atoms with E-state index in [9.17, 15) is 0 Å². The molecule has 1 heterocycles. The van der Waals surface area contributed by atoms with E-state index in [0.29, 0.717) is 5.92 Å². The molecule has 4 heteroatoms. The highest BCUT2D eigenvalue weighted by molar-refractivity contribution is 7.71. The molecule has 1 aromatic rings. The second kappa shape index (κ2) is 5.19. The molecule has 0 aliphatic rings. The highest BCUT2D eigenvalue weighted by Gasteiger charge is 1.95. The third-order valence-electron chi connectivity index (χ3n) is 1.65. The van der Waals surface area contributed by atoms with Crippen molar-refractivity contribution < 1.29 is 4.74 Å². The summed E-state index contributed by atoms with van der Waals surface area (Å²) in [5, 5.41) is 0. The number of ether oxygens (including phenoxy) is 1. The minimum absolute atomic E-state index is 0.596. The fraction of sp³-hybridized carbons (Fsp3) is 0.667. The van der Waals surface area contributed by atoms with Crippen LogP contribution < -0.4 is 0 Å². The van der Waals surface area contributed by atoms with Crippen LogP contribution in [0.3, 0.4) is 0 Å². The summed E-state index contributed by atoms with van der Waals surface area (Å²) in [6, 6.07) is 0. The van der Waals surface area contributed by atoms with Gasteiger partial charge in [0, 0.05) is 25.5 Å². The van der Waals surface area contributed by atoms with Crippen LogP contribution in [0.25, 0.3) is 0 Å². The second-order valence-corrected chi connectivity index (χ2v) is 3.81. The topological polar surface area (TPSA) is 29.9 Å². The van der Waals surface area contributed by atoms with Gasteiger partial charge in [0.1, 0.15) is 0 Å². The maximum Gasteiger partial charge on any atom is 0.177 e. The molecule has 0 unspecified atom stereocenters. The van der Waals surface area contributed by atoms with Crippen LogP contribution >= 0.6 is 12.2 Å². The van der Waals surface area contributed by atoms with Crippen molar-refractivity contribution in [1.29, 1.82) is 0 Å². The maximum atomic E-state index is 5.44. The van der Waals surface area contributed by atoms with Gasteiger partial charge in [-0.1, -0.05) is 13.8 Å². The molecule has 0 aromatic carbocycles. The molecule has 1 aromatic heterocycles. The number of rotatable bonds is 5. The van der Waals surface area contributed by atoms with E-state index in [1.807, 2.05) is 17.0 Å². The third-order valence-corrected chi connectivity index (χ3v) is 2.00. The number of H-pyrrole nitrogens is 1. The second-order valence-electron chi connectivity index (χ2n) is 3.43. The van der Waals surface area contributed by atoms with Crippen molar-refractivity contribution in [2.45, 2.75) is 20.4 Å². The average Bonchev–Trinajstić information content (AvgIpc) is 2.45. The monoisotopic (exact) mass is 200 g/mol. The molecule has 0 aliphatic carbocycles. The molecule has 74 valence electrons. The first-order valence-electron chi connectivity index (χ1n) is 4.51. The van der Waals surface area contributed by atoms with Crippen LogP contribution in [0.15, 0.2) is 12.4 Å². The van der Waals surface area contributed by atoms with Crippen LogP contribution in [-0.4, -0.2) is 22.8 Å². The Morgan fingerprint density at radius 3 is 2.92 bits per heavy atom. The van der Waals surface area contributed by atoms with Crippen LogP contribution in [0.4, 0.5) is 0 Å². The quantitative estimate of drug-likeness (QED) is 0.583. The Labute approximate surface area is 83.7 Å². The molecule has 0 saturated carbocycles. The van der Waals surface area contributed by atoms with Crippen molar-refractivity contribution in [3.05, 3.63) is 17.2 Å². The van der Waals surface area contributed by atoms with Gasteiger partial charge in [0.2, 0.25) is 0 Å². The molecule has 0 fully saturated rings. The predicted octanol–water partition coefficient (Wildman–Crippen LogP) is 2.22. The standard InChI is InChI=1S/C9H16N2OS/c1-8(2)7-12-6-5-11-4-3-10-9(11)13/h3-4,8H,5-7H2,1-2H3,(H,10,13). The minimum Gasteiger partial charge on any atom is -0.379 e. The van der Waals surface area contributed by atoms with E-state index in [1.165, 1.54) is 0 Å². The summed E-state index contributed by atoms with van der Waals surface area (Å²) in [6.07, 6.45) is 3.77. The molecule has 0 saturated heterocycles. The molecule has 0 amide bonds. The Balaban J connectivity index is 2.21. The van der Waals surface area contributed by atoms with Gasteiger partial charge in [-0.3, -0.25) is 0 Å². The van der Waals surface area contributed by atoms with Gasteiger partial charge in [-0.15, -0.1) is 0 Å². The predicted molar refractivity (Wildman–Crippen MR) is 55.3 cm³/mol. The Kier molecular flexibility index (Phi) is 4.18. The van der Waals surface area contributed by atoms with Crippen molar-refractivity contribution in [2.24, 2.45) is 5.92 Å². The third kappa shape index (κ3) is 3.74. The smallest absolute Gasteiger partial charge is 0.177 e. The van der Waals surface area contributed by atoms with Gasteiger partial charge in [-0.2, -0.15) is 0 Å². The number of nitrogens with one attached hydrogen (secondary N) is 1. The molecular weight excluding hydrogens is 184 g/mol. The first-order valence-corrected chi connectivity index (χ1v) is 4.92. The number of aromatic amines is 1. The summed E-state index contributed by atoms with van der Waals surface area (Å²) in [7, 11) is 0. The molecule has 1 N–H and O–H groups in total. The Morgan fingerprint density at radius 2 is 2.38 bits per heavy atom. The van der Waals surface area contributed by atoms with Gasteiger partial charge in [0.15, 0.2) is 4.77 Å².